The lowest BCUT2D eigenvalue weighted by molar-refractivity contribution is 0.449. The summed E-state index contributed by atoms with van der Waals surface area (Å²) in [6, 6.07) is 4.43. The van der Waals surface area contributed by atoms with E-state index in [0.29, 0.717) is 11.8 Å². The Bertz CT molecular complexity index is 359. The number of rotatable bonds is 2. The Morgan fingerprint density at radius 1 is 1.47 bits per heavy atom. The minimum absolute atomic E-state index is 0.340. The van der Waals surface area contributed by atoms with E-state index in [-0.39, 0.29) is 0 Å². The second kappa shape index (κ2) is 4.45. The van der Waals surface area contributed by atoms with Crippen LogP contribution in [0, 0.1) is 6.92 Å². The first kappa shape index (κ1) is 10.8. The molecule has 1 heterocycles. The van der Waals surface area contributed by atoms with Crippen molar-refractivity contribution in [1.82, 2.24) is 5.32 Å². The highest BCUT2D eigenvalue weighted by molar-refractivity contribution is 7.98. The fourth-order valence-corrected chi connectivity index (χ4v) is 2.81. The summed E-state index contributed by atoms with van der Waals surface area (Å²) in [5.41, 5.74) is 2.07. The molecule has 1 atom stereocenters. The molecular weight excluding hydrogens is 206 g/mol. The molecule has 1 aliphatic rings. The van der Waals surface area contributed by atoms with Crippen LogP contribution in [0.3, 0.4) is 0 Å². The molecule has 0 amide bonds. The van der Waals surface area contributed by atoms with Crippen LogP contribution in [-0.4, -0.2) is 17.9 Å². The van der Waals surface area contributed by atoms with Crippen LogP contribution in [0.5, 0.6) is 5.75 Å². The van der Waals surface area contributed by atoms with E-state index in [2.05, 4.69) is 17.6 Å². The van der Waals surface area contributed by atoms with Gasteiger partial charge >= 0.3 is 0 Å². The van der Waals surface area contributed by atoms with Gasteiger partial charge in [-0.05, 0) is 44.2 Å². The van der Waals surface area contributed by atoms with Gasteiger partial charge in [-0.15, -0.1) is 11.8 Å². The van der Waals surface area contributed by atoms with Gasteiger partial charge in [0, 0.05) is 16.5 Å². The monoisotopic (exact) mass is 223 g/mol. The van der Waals surface area contributed by atoms with Crippen molar-refractivity contribution >= 4 is 11.8 Å². The van der Waals surface area contributed by atoms with E-state index in [0.717, 1.165) is 24.1 Å². The number of phenols is 1. The van der Waals surface area contributed by atoms with Crippen LogP contribution < -0.4 is 5.32 Å². The molecule has 0 spiro atoms. The number of aryl methyl sites for hydroxylation is 1. The average Bonchev–Trinajstić information content (AvgIpc) is 2.75. The second-order valence-corrected chi connectivity index (χ2v) is 4.84. The molecule has 0 bridgehead atoms. The molecule has 0 radical (unpaired) electrons. The number of phenolic OH excluding ortho intramolecular Hbond substituents is 1. The number of hydrogen-bond donors (Lipinski definition) is 2. The highest BCUT2D eigenvalue weighted by atomic mass is 32.2. The van der Waals surface area contributed by atoms with Crippen LogP contribution >= 0.6 is 11.8 Å². The molecule has 0 aliphatic carbocycles. The molecule has 1 saturated heterocycles. The van der Waals surface area contributed by atoms with Crippen LogP contribution in [0.1, 0.15) is 30.0 Å². The van der Waals surface area contributed by atoms with Crippen LogP contribution in [-0.2, 0) is 0 Å². The predicted octanol–water partition coefficient (Wildman–Crippen LogP) is 2.85. The van der Waals surface area contributed by atoms with Crippen molar-refractivity contribution in [3.05, 3.63) is 23.3 Å². The maximum Gasteiger partial charge on any atom is 0.124 e. The lowest BCUT2D eigenvalue weighted by atomic mass is 10.0. The lowest BCUT2D eigenvalue weighted by Crippen LogP contribution is -2.14. The molecule has 1 unspecified atom stereocenters. The number of benzene rings is 1. The maximum absolute atomic E-state index is 10.1. The molecule has 0 aromatic heterocycles. The molecule has 1 aliphatic heterocycles. The highest BCUT2D eigenvalue weighted by Crippen LogP contribution is 2.38. The second-order valence-electron chi connectivity index (χ2n) is 4.00. The summed E-state index contributed by atoms with van der Waals surface area (Å²) < 4.78 is 0. The van der Waals surface area contributed by atoms with E-state index in [1.54, 1.807) is 11.8 Å². The molecule has 2 rings (SSSR count). The molecule has 0 saturated carbocycles. The van der Waals surface area contributed by atoms with E-state index in [4.69, 9.17) is 0 Å². The van der Waals surface area contributed by atoms with Gasteiger partial charge in [-0.2, -0.15) is 0 Å². The molecule has 1 aromatic rings. The summed E-state index contributed by atoms with van der Waals surface area (Å²) >= 11 is 1.71. The van der Waals surface area contributed by atoms with E-state index in [9.17, 15) is 5.11 Å². The van der Waals surface area contributed by atoms with Gasteiger partial charge in [-0.25, -0.2) is 0 Å². The van der Waals surface area contributed by atoms with Crippen molar-refractivity contribution in [2.24, 2.45) is 0 Å². The van der Waals surface area contributed by atoms with E-state index < -0.39 is 0 Å². The minimum Gasteiger partial charge on any atom is -0.507 e. The molecular formula is C12H17NOS. The zero-order chi connectivity index (χ0) is 10.8. The van der Waals surface area contributed by atoms with Gasteiger partial charge in [0.15, 0.2) is 0 Å². The van der Waals surface area contributed by atoms with Crippen molar-refractivity contribution in [2.75, 3.05) is 12.8 Å². The summed E-state index contributed by atoms with van der Waals surface area (Å²) in [4.78, 5) is 1.19. The van der Waals surface area contributed by atoms with Crippen molar-refractivity contribution in [1.29, 1.82) is 0 Å². The summed E-state index contributed by atoms with van der Waals surface area (Å²) in [7, 11) is 0. The maximum atomic E-state index is 10.1. The van der Waals surface area contributed by atoms with Crippen LogP contribution in [0.2, 0.25) is 0 Å². The molecule has 82 valence electrons. The zero-order valence-corrected chi connectivity index (χ0v) is 10.0. The standard InChI is InChI=1S/C12H17NOS/c1-8-5-6-10(15-2)11(12(8)14)9-4-3-7-13-9/h5-6,9,13-14H,3-4,7H2,1-2H3. The summed E-state index contributed by atoms with van der Waals surface area (Å²) in [6.07, 6.45) is 4.39. The van der Waals surface area contributed by atoms with E-state index >= 15 is 0 Å². The predicted molar refractivity (Wildman–Crippen MR) is 64.6 cm³/mol. The van der Waals surface area contributed by atoms with Crippen LogP contribution in [0.4, 0.5) is 0 Å². The summed E-state index contributed by atoms with van der Waals surface area (Å²) in [6.45, 7) is 3.02. The van der Waals surface area contributed by atoms with Crippen molar-refractivity contribution < 1.29 is 5.11 Å². The average molecular weight is 223 g/mol. The molecule has 1 fully saturated rings. The molecule has 2 nitrogen and oxygen atoms in total. The number of nitrogens with one attached hydrogen (secondary N) is 1. The fourth-order valence-electron chi connectivity index (χ4n) is 2.14. The Morgan fingerprint density at radius 2 is 2.27 bits per heavy atom. The zero-order valence-electron chi connectivity index (χ0n) is 9.21. The number of thioether (sulfide) groups is 1. The third-order valence-electron chi connectivity index (χ3n) is 3.01. The Hall–Kier alpha value is -0.670. The molecule has 2 N–H and O–H groups in total. The summed E-state index contributed by atoms with van der Waals surface area (Å²) in [5, 5.41) is 13.6. The summed E-state index contributed by atoms with van der Waals surface area (Å²) in [5.74, 6) is 0.473. The first-order valence-corrected chi connectivity index (χ1v) is 6.56. The quantitative estimate of drug-likeness (QED) is 0.756. The SMILES string of the molecule is CSc1ccc(C)c(O)c1C1CCCN1. The molecule has 3 heteroatoms. The Kier molecular flexibility index (Phi) is 3.22. The smallest absolute Gasteiger partial charge is 0.124 e. The first-order valence-electron chi connectivity index (χ1n) is 5.34. The van der Waals surface area contributed by atoms with Gasteiger partial charge in [0.05, 0.1) is 0 Å². The van der Waals surface area contributed by atoms with Gasteiger partial charge < -0.3 is 10.4 Å². The Labute approximate surface area is 95.1 Å². The van der Waals surface area contributed by atoms with Gasteiger partial charge in [0.25, 0.3) is 0 Å². The topological polar surface area (TPSA) is 32.3 Å². The van der Waals surface area contributed by atoms with Gasteiger partial charge in [-0.1, -0.05) is 6.07 Å². The van der Waals surface area contributed by atoms with Crippen molar-refractivity contribution in [3.8, 4) is 5.75 Å². The lowest BCUT2D eigenvalue weighted by Gasteiger charge is -2.17. The van der Waals surface area contributed by atoms with Crippen molar-refractivity contribution in [3.63, 3.8) is 0 Å². The molecule has 1 aromatic carbocycles. The third-order valence-corrected chi connectivity index (χ3v) is 3.80. The van der Waals surface area contributed by atoms with Crippen molar-refractivity contribution in [2.45, 2.75) is 30.7 Å². The Morgan fingerprint density at radius 3 is 2.87 bits per heavy atom. The van der Waals surface area contributed by atoms with Gasteiger partial charge in [0.2, 0.25) is 0 Å². The van der Waals surface area contributed by atoms with E-state index in [1.807, 2.05) is 13.0 Å². The number of aromatic hydroxyl groups is 1. The molecule has 15 heavy (non-hydrogen) atoms. The number of hydrogen-bond acceptors (Lipinski definition) is 3. The fraction of sp³-hybridized carbons (Fsp3) is 0.500. The van der Waals surface area contributed by atoms with Crippen LogP contribution in [0.25, 0.3) is 0 Å². The Balaban J connectivity index is 2.45. The van der Waals surface area contributed by atoms with Gasteiger partial charge in [0.1, 0.15) is 5.75 Å². The minimum atomic E-state index is 0.340. The normalized spacial score (nSPS) is 20.8. The van der Waals surface area contributed by atoms with Crippen LogP contribution in [0.15, 0.2) is 17.0 Å². The van der Waals surface area contributed by atoms with E-state index in [1.165, 1.54) is 11.3 Å². The first-order chi connectivity index (χ1) is 7.24. The largest absolute Gasteiger partial charge is 0.507 e. The highest BCUT2D eigenvalue weighted by Gasteiger charge is 2.22. The third kappa shape index (κ3) is 1.99. The van der Waals surface area contributed by atoms with Gasteiger partial charge in [-0.3, -0.25) is 0 Å².